The van der Waals surface area contributed by atoms with Gasteiger partial charge >= 0.3 is 0 Å². The Morgan fingerprint density at radius 2 is 2.30 bits per heavy atom. The first-order chi connectivity index (χ1) is 9.83. The molecule has 0 radical (unpaired) electrons. The van der Waals surface area contributed by atoms with Gasteiger partial charge in [0.1, 0.15) is 5.58 Å². The highest BCUT2D eigenvalue weighted by Crippen LogP contribution is 2.32. The van der Waals surface area contributed by atoms with E-state index in [0.717, 1.165) is 25.3 Å². The molecule has 1 aromatic carbocycles. The second-order valence-corrected chi connectivity index (χ2v) is 5.54. The summed E-state index contributed by atoms with van der Waals surface area (Å²) in [5.74, 6) is 0.618. The van der Waals surface area contributed by atoms with Gasteiger partial charge in [-0.05, 0) is 24.9 Å². The lowest BCUT2D eigenvalue weighted by molar-refractivity contribution is 0.147. The minimum Gasteiger partial charge on any atom is -0.464 e. The number of hydrogen-bond donors (Lipinski definition) is 1. The summed E-state index contributed by atoms with van der Waals surface area (Å²) in [6.07, 6.45) is 3.05. The molecule has 0 aliphatic carbocycles. The molecule has 20 heavy (non-hydrogen) atoms. The number of furan rings is 1. The predicted octanol–water partition coefficient (Wildman–Crippen LogP) is 2.40. The Bertz CT molecular complexity index is 566. The number of benzene rings is 1. The van der Waals surface area contributed by atoms with Crippen LogP contribution in [-0.4, -0.2) is 38.3 Å². The van der Waals surface area contributed by atoms with Crippen LogP contribution in [-0.2, 0) is 4.74 Å². The smallest absolute Gasteiger partial charge is 0.134 e. The van der Waals surface area contributed by atoms with Crippen molar-refractivity contribution in [1.29, 1.82) is 0 Å². The molecule has 0 spiro atoms. The predicted molar refractivity (Wildman–Crippen MR) is 79.6 cm³/mol. The number of rotatable bonds is 5. The van der Waals surface area contributed by atoms with E-state index < -0.39 is 0 Å². The van der Waals surface area contributed by atoms with Crippen LogP contribution in [0.15, 0.2) is 34.9 Å². The molecule has 2 aromatic rings. The average Bonchev–Trinajstić information content (AvgIpc) is 3.09. The normalized spacial score (nSPS) is 21.6. The first kappa shape index (κ1) is 13.6. The first-order valence-electron chi connectivity index (χ1n) is 7.22. The molecule has 2 unspecified atom stereocenters. The lowest BCUT2D eigenvalue weighted by atomic mass is 10.0. The van der Waals surface area contributed by atoms with E-state index in [9.17, 15) is 0 Å². The summed E-state index contributed by atoms with van der Waals surface area (Å²) in [5.41, 5.74) is 8.19. The van der Waals surface area contributed by atoms with Gasteiger partial charge < -0.3 is 14.9 Å². The van der Waals surface area contributed by atoms with Gasteiger partial charge in [0.05, 0.1) is 18.9 Å². The van der Waals surface area contributed by atoms with Gasteiger partial charge in [-0.2, -0.15) is 0 Å². The van der Waals surface area contributed by atoms with Crippen LogP contribution in [0.1, 0.15) is 18.0 Å². The van der Waals surface area contributed by atoms with E-state index in [1.807, 2.05) is 24.5 Å². The maximum atomic E-state index is 6.04. The molecular weight excluding hydrogens is 252 g/mol. The lowest BCUT2D eigenvalue weighted by Crippen LogP contribution is -2.32. The fourth-order valence-electron chi connectivity index (χ4n) is 3.25. The summed E-state index contributed by atoms with van der Waals surface area (Å²) >= 11 is 0. The molecule has 4 nitrogen and oxygen atoms in total. The Labute approximate surface area is 119 Å². The largest absolute Gasteiger partial charge is 0.464 e. The molecule has 0 amide bonds. The Kier molecular flexibility index (Phi) is 4.05. The second kappa shape index (κ2) is 5.95. The standard InChI is InChI=1S/C16H22N2O2/c1-19-10-12-6-7-18(9-12)15(8-17)14-11-20-16-5-3-2-4-13(14)16/h2-5,11-12,15H,6-10,17H2,1H3. The highest BCUT2D eigenvalue weighted by Gasteiger charge is 2.30. The lowest BCUT2D eigenvalue weighted by Gasteiger charge is -2.26. The van der Waals surface area contributed by atoms with E-state index in [2.05, 4.69) is 11.0 Å². The van der Waals surface area contributed by atoms with Crippen molar-refractivity contribution in [2.75, 3.05) is 33.4 Å². The summed E-state index contributed by atoms with van der Waals surface area (Å²) in [7, 11) is 1.77. The molecule has 2 heterocycles. The summed E-state index contributed by atoms with van der Waals surface area (Å²) in [6, 6.07) is 8.40. The minimum atomic E-state index is 0.237. The van der Waals surface area contributed by atoms with Crippen LogP contribution < -0.4 is 5.73 Å². The third-order valence-electron chi connectivity index (χ3n) is 4.25. The van der Waals surface area contributed by atoms with Crippen LogP contribution >= 0.6 is 0 Å². The van der Waals surface area contributed by atoms with Gasteiger partial charge in [-0.1, -0.05) is 18.2 Å². The molecule has 3 rings (SSSR count). The monoisotopic (exact) mass is 274 g/mol. The fraction of sp³-hybridized carbons (Fsp3) is 0.500. The Morgan fingerprint density at radius 3 is 3.10 bits per heavy atom. The maximum Gasteiger partial charge on any atom is 0.134 e. The van der Waals surface area contributed by atoms with Crippen molar-refractivity contribution in [3.05, 3.63) is 36.1 Å². The number of hydrogen-bond acceptors (Lipinski definition) is 4. The summed E-state index contributed by atoms with van der Waals surface area (Å²) < 4.78 is 10.9. The molecule has 108 valence electrons. The molecule has 4 heteroatoms. The highest BCUT2D eigenvalue weighted by molar-refractivity contribution is 5.81. The van der Waals surface area contributed by atoms with Gasteiger partial charge in [0.2, 0.25) is 0 Å². The van der Waals surface area contributed by atoms with E-state index in [-0.39, 0.29) is 6.04 Å². The van der Waals surface area contributed by atoms with Crippen LogP contribution in [0.25, 0.3) is 11.0 Å². The van der Waals surface area contributed by atoms with Gasteiger partial charge in [-0.25, -0.2) is 0 Å². The summed E-state index contributed by atoms with van der Waals surface area (Å²) in [4.78, 5) is 2.46. The molecule has 1 saturated heterocycles. The number of fused-ring (bicyclic) bond motifs is 1. The van der Waals surface area contributed by atoms with Crippen LogP contribution in [0.3, 0.4) is 0 Å². The fourth-order valence-corrected chi connectivity index (χ4v) is 3.25. The van der Waals surface area contributed by atoms with Crippen molar-refractivity contribution >= 4 is 11.0 Å². The maximum absolute atomic E-state index is 6.04. The quantitative estimate of drug-likeness (QED) is 0.909. The molecular formula is C16H22N2O2. The molecule has 1 aromatic heterocycles. The van der Waals surface area contributed by atoms with Crippen LogP contribution in [0.2, 0.25) is 0 Å². The number of para-hydroxylation sites is 1. The number of ether oxygens (including phenoxy) is 1. The third kappa shape index (κ3) is 2.46. The highest BCUT2D eigenvalue weighted by atomic mass is 16.5. The van der Waals surface area contributed by atoms with Gasteiger partial charge in [-0.3, -0.25) is 4.90 Å². The van der Waals surface area contributed by atoms with E-state index >= 15 is 0 Å². The Balaban J connectivity index is 1.83. The van der Waals surface area contributed by atoms with Crippen LogP contribution in [0, 0.1) is 5.92 Å². The van der Waals surface area contributed by atoms with E-state index in [1.54, 1.807) is 7.11 Å². The van der Waals surface area contributed by atoms with Gasteiger partial charge in [-0.15, -0.1) is 0 Å². The molecule has 0 saturated carbocycles. The topological polar surface area (TPSA) is 51.6 Å². The van der Waals surface area contributed by atoms with Crippen LogP contribution in [0.5, 0.6) is 0 Å². The zero-order valence-electron chi connectivity index (χ0n) is 11.9. The van der Waals surface area contributed by atoms with E-state index in [1.165, 1.54) is 17.4 Å². The van der Waals surface area contributed by atoms with E-state index in [0.29, 0.717) is 12.5 Å². The molecule has 1 aliphatic rings. The van der Waals surface area contributed by atoms with Gasteiger partial charge in [0, 0.05) is 31.1 Å². The summed E-state index contributed by atoms with van der Waals surface area (Å²) in [6.45, 7) is 3.58. The SMILES string of the molecule is COCC1CCN(C(CN)c2coc3ccccc23)C1. The van der Waals surface area contributed by atoms with Crippen molar-refractivity contribution in [3.63, 3.8) is 0 Å². The molecule has 1 aliphatic heterocycles. The molecule has 2 atom stereocenters. The van der Waals surface area contributed by atoms with E-state index in [4.69, 9.17) is 14.9 Å². The van der Waals surface area contributed by atoms with Crippen molar-refractivity contribution in [3.8, 4) is 0 Å². The Hall–Kier alpha value is -1.36. The van der Waals surface area contributed by atoms with Crippen LogP contribution in [0.4, 0.5) is 0 Å². The van der Waals surface area contributed by atoms with Gasteiger partial charge in [0.15, 0.2) is 0 Å². The Morgan fingerprint density at radius 1 is 1.45 bits per heavy atom. The number of methoxy groups -OCH3 is 1. The molecule has 2 N–H and O–H groups in total. The molecule has 1 fully saturated rings. The first-order valence-corrected chi connectivity index (χ1v) is 7.22. The van der Waals surface area contributed by atoms with Crippen molar-refractivity contribution < 1.29 is 9.15 Å². The average molecular weight is 274 g/mol. The third-order valence-corrected chi connectivity index (χ3v) is 4.25. The van der Waals surface area contributed by atoms with Crippen molar-refractivity contribution in [2.45, 2.75) is 12.5 Å². The number of nitrogens with two attached hydrogens (primary N) is 1. The summed E-state index contributed by atoms with van der Waals surface area (Å²) in [5, 5.41) is 1.18. The zero-order valence-corrected chi connectivity index (χ0v) is 11.9. The minimum absolute atomic E-state index is 0.237. The molecule has 0 bridgehead atoms. The number of nitrogens with zero attached hydrogens (tertiary/aromatic N) is 1. The second-order valence-electron chi connectivity index (χ2n) is 5.54. The van der Waals surface area contributed by atoms with Crippen molar-refractivity contribution in [2.24, 2.45) is 11.7 Å². The van der Waals surface area contributed by atoms with Crippen molar-refractivity contribution in [1.82, 2.24) is 4.90 Å². The number of likely N-dealkylation sites (tertiary alicyclic amines) is 1. The van der Waals surface area contributed by atoms with Gasteiger partial charge in [0.25, 0.3) is 0 Å². The zero-order chi connectivity index (χ0) is 13.9.